The minimum absolute atomic E-state index is 0.0413. The number of Topliss-reactive ketones (excluding diaryl/α,β-unsaturated/α-hetero) is 1. The number of halogens is 4. The number of benzene rings is 1. The molecular formula is C28H26F4N6O3S2. The number of hydrogen-bond donors (Lipinski definition) is 0. The summed E-state index contributed by atoms with van der Waals surface area (Å²) in [6, 6.07) is 5.12. The average Bonchev–Trinajstić information content (AvgIpc) is 3.72. The second-order valence-electron chi connectivity index (χ2n) is 10.7. The second kappa shape index (κ2) is 10.5. The van der Waals surface area contributed by atoms with Crippen LogP contribution in [0.5, 0.6) is 0 Å². The van der Waals surface area contributed by atoms with Crippen LogP contribution in [0.2, 0.25) is 0 Å². The number of carbonyl (C=O) groups is 1. The maximum atomic E-state index is 14.3. The van der Waals surface area contributed by atoms with Crippen molar-refractivity contribution in [1.29, 1.82) is 0 Å². The number of imidazole rings is 1. The van der Waals surface area contributed by atoms with Gasteiger partial charge < -0.3 is 4.57 Å². The van der Waals surface area contributed by atoms with Crippen LogP contribution >= 0.6 is 11.3 Å². The fourth-order valence-electron chi connectivity index (χ4n) is 6.10. The number of aryl methyl sites for hydroxylation is 1. The monoisotopic (exact) mass is 634 g/mol. The zero-order chi connectivity index (χ0) is 30.7. The number of carbonyl (C=O) groups excluding carboxylic acids is 1. The molecule has 0 saturated heterocycles. The van der Waals surface area contributed by atoms with Gasteiger partial charge in [-0.1, -0.05) is 12.5 Å². The Kier molecular flexibility index (Phi) is 7.17. The summed E-state index contributed by atoms with van der Waals surface area (Å²) >= 11 is 0.284. The fraction of sp³-hybridized carbons (Fsp3) is 0.357. The van der Waals surface area contributed by atoms with Crippen LogP contribution in [-0.4, -0.2) is 55.4 Å². The lowest BCUT2D eigenvalue weighted by atomic mass is 9.61. The zero-order valence-electron chi connectivity index (χ0n) is 23.0. The van der Waals surface area contributed by atoms with Crippen LogP contribution < -0.4 is 0 Å². The summed E-state index contributed by atoms with van der Waals surface area (Å²) in [6.45, 7) is 1.80. The van der Waals surface area contributed by atoms with Crippen molar-refractivity contribution in [3.8, 4) is 5.69 Å². The number of ketones is 1. The lowest BCUT2D eigenvalue weighted by Crippen LogP contribution is -2.50. The molecule has 43 heavy (non-hydrogen) atoms. The molecular weight excluding hydrogens is 608 g/mol. The van der Waals surface area contributed by atoms with E-state index in [9.17, 15) is 30.8 Å². The summed E-state index contributed by atoms with van der Waals surface area (Å²) in [5.74, 6) is -0.996. The van der Waals surface area contributed by atoms with E-state index in [-0.39, 0.29) is 40.8 Å². The highest BCUT2D eigenvalue weighted by molar-refractivity contribution is 7.89. The highest BCUT2D eigenvalue weighted by Gasteiger charge is 2.52. The van der Waals surface area contributed by atoms with Gasteiger partial charge in [0.25, 0.3) is 10.0 Å². The lowest BCUT2D eigenvalue weighted by molar-refractivity contribution is -0.134. The molecule has 226 valence electrons. The molecule has 3 heterocycles. The molecule has 6 rings (SSSR count). The first-order chi connectivity index (χ1) is 20.3. The van der Waals surface area contributed by atoms with Gasteiger partial charge in [-0.25, -0.2) is 27.5 Å². The maximum absolute atomic E-state index is 14.3. The van der Waals surface area contributed by atoms with E-state index in [0.717, 1.165) is 0 Å². The number of sulfonamides is 1. The van der Waals surface area contributed by atoms with E-state index in [1.54, 1.807) is 37.0 Å². The van der Waals surface area contributed by atoms with E-state index in [4.69, 9.17) is 0 Å². The van der Waals surface area contributed by atoms with E-state index in [2.05, 4.69) is 15.1 Å². The van der Waals surface area contributed by atoms with Crippen LogP contribution in [0.15, 0.2) is 59.8 Å². The van der Waals surface area contributed by atoms with Crippen LogP contribution in [0.25, 0.3) is 11.8 Å². The van der Waals surface area contributed by atoms with Crippen molar-refractivity contribution in [3.05, 3.63) is 81.7 Å². The van der Waals surface area contributed by atoms with Gasteiger partial charge >= 0.3 is 6.18 Å². The van der Waals surface area contributed by atoms with Crippen LogP contribution in [-0.2, 0) is 29.7 Å². The molecule has 3 aromatic heterocycles. The van der Waals surface area contributed by atoms with Gasteiger partial charge in [0.1, 0.15) is 10.7 Å². The predicted octanol–water partition coefficient (Wildman–Crippen LogP) is 5.29. The van der Waals surface area contributed by atoms with Gasteiger partial charge in [-0.3, -0.25) is 4.79 Å². The quantitative estimate of drug-likeness (QED) is 0.202. The van der Waals surface area contributed by atoms with Crippen LogP contribution in [0.3, 0.4) is 0 Å². The van der Waals surface area contributed by atoms with E-state index < -0.39 is 44.1 Å². The molecule has 0 unspecified atom stereocenters. The molecule has 0 radical (unpaired) electrons. The van der Waals surface area contributed by atoms with Gasteiger partial charge in [0, 0.05) is 25.8 Å². The Hall–Kier alpha value is -3.69. The summed E-state index contributed by atoms with van der Waals surface area (Å²) in [5.41, 5.74) is 1.25. The number of thiazole rings is 1. The summed E-state index contributed by atoms with van der Waals surface area (Å²) in [5, 5.41) is 4.05. The molecule has 0 bridgehead atoms. The molecule has 0 aliphatic heterocycles. The van der Waals surface area contributed by atoms with Gasteiger partial charge in [-0.2, -0.15) is 22.6 Å². The van der Waals surface area contributed by atoms with Crippen molar-refractivity contribution in [2.45, 2.75) is 49.9 Å². The highest BCUT2D eigenvalue weighted by Crippen LogP contribution is 2.52. The molecule has 0 spiro atoms. The number of allylic oxidation sites excluding steroid dienone is 1. The first kappa shape index (κ1) is 29.4. The topological polar surface area (TPSA) is 103 Å². The van der Waals surface area contributed by atoms with E-state index in [1.165, 1.54) is 33.5 Å². The summed E-state index contributed by atoms with van der Waals surface area (Å²) < 4.78 is 85.7. The number of fused-ring (bicyclic) bond motifs is 2. The third kappa shape index (κ3) is 5.02. The molecule has 1 saturated carbocycles. The standard InChI is InChI=1S/C28H26F4N6O3S2/c1-3-37(43(40,41)24-15-36(2)16-34-24)21-7-4-18-10-22-17(13-35-38(22)20-8-5-19(29)6-9-20)11-27(18,12-21)25(39)26-33-14-23(42-26)28(30,31)32/h5-6,8-10,13-16,21H,3-4,7,11-12H2,1-2H3/t21-,27-/m0/s1. The SMILES string of the molecule is CCN([C@H]1CCC2=Cc3c(cnn3-c3ccc(F)cc3)C[C@]2(C(=O)c2ncc(C(F)(F)F)s2)C1)S(=O)(=O)c1cn(C)cn1. The maximum Gasteiger partial charge on any atom is 0.427 e. The van der Waals surface area contributed by atoms with Crippen molar-refractivity contribution in [2.75, 3.05) is 6.54 Å². The zero-order valence-corrected chi connectivity index (χ0v) is 24.7. The first-order valence-electron chi connectivity index (χ1n) is 13.4. The van der Waals surface area contributed by atoms with Crippen molar-refractivity contribution >= 4 is 33.2 Å². The summed E-state index contributed by atoms with van der Waals surface area (Å²) in [6.07, 6.45) is 3.00. The van der Waals surface area contributed by atoms with E-state index in [1.807, 2.05) is 6.08 Å². The van der Waals surface area contributed by atoms with Crippen molar-refractivity contribution < 1.29 is 30.8 Å². The molecule has 15 heteroatoms. The van der Waals surface area contributed by atoms with Crippen LogP contribution in [0, 0.1) is 11.2 Å². The molecule has 4 aromatic rings. The number of hydrogen-bond acceptors (Lipinski definition) is 7. The highest BCUT2D eigenvalue weighted by atomic mass is 32.2. The lowest BCUT2D eigenvalue weighted by Gasteiger charge is -2.46. The van der Waals surface area contributed by atoms with Gasteiger partial charge in [0.15, 0.2) is 10.0 Å². The third-order valence-electron chi connectivity index (χ3n) is 8.09. The minimum atomic E-state index is -4.66. The molecule has 0 N–H and O–H groups in total. The second-order valence-corrected chi connectivity index (χ2v) is 13.6. The largest absolute Gasteiger partial charge is 0.427 e. The Morgan fingerprint density at radius 2 is 1.93 bits per heavy atom. The Morgan fingerprint density at radius 1 is 1.19 bits per heavy atom. The Bertz CT molecular complexity index is 1840. The number of alkyl halides is 3. The number of aromatic nitrogens is 5. The average molecular weight is 635 g/mol. The molecule has 1 fully saturated rings. The van der Waals surface area contributed by atoms with Gasteiger partial charge in [-0.05, 0) is 61.6 Å². The van der Waals surface area contributed by atoms with E-state index in [0.29, 0.717) is 41.6 Å². The predicted molar refractivity (Wildman–Crippen MR) is 149 cm³/mol. The van der Waals surface area contributed by atoms with Gasteiger partial charge in [0.05, 0.1) is 35.5 Å². The molecule has 2 aliphatic carbocycles. The van der Waals surface area contributed by atoms with E-state index >= 15 is 0 Å². The Labute approximate surface area is 248 Å². The van der Waals surface area contributed by atoms with Crippen molar-refractivity contribution in [3.63, 3.8) is 0 Å². The summed E-state index contributed by atoms with van der Waals surface area (Å²) in [4.78, 5) is 21.2. The fourth-order valence-corrected chi connectivity index (χ4v) is 8.55. The Balaban J connectivity index is 1.44. The molecule has 1 aromatic carbocycles. The summed E-state index contributed by atoms with van der Waals surface area (Å²) in [7, 11) is -2.38. The number of nitrogens with zero attached hydrogens (tertiary/aromatic N) is 6. The molecule has 2 aliphatic rings. The third-order valence-corrected chi connectivity index (χ3v) is 11.0. The van der Waals surface area contributed by atoms with Crippen LogP contribution in [0.4, 0.5) is 17.6 Å². The van der Waals surface area contributed by atoms with Crippen molar-refractivity contribution in [2.24, 2.45) is 12.5 Å². The smallest absolute Gasteiger partial charge is 0.339 e. The Morgan fingerprint density at radius 3 is 2.56 bits per heavy atom. The first-order valence-corrected chi connectivity index (χ1v) is 15.7. The van der Waals surface area contributed by atoms with Gasteiger partial charge in [-0.15, -0.1) is 11.3 Å². The molecule has 9 nitrogen and oxygen atoms in total. The van der Waals surface area contributed by atoms with Crippen molar-refractivity contribution in [1.82, 2.24) is 28.6 Å². The minimum Gasteiger partial charge on any atom is -0.339 e. The normalized spacial score (nSPS) is 20.5. The molecule has 0 amide bonds. The van der Waals surface area contributed by atoms with Crippen LogP contribution in [0.1, 0.15) is 52.1 Å². The van der Waals surface area contributed by atoms with Gasteiger partial charge in [0.2, 0.25) is 5.78 Å². The number of rotatable bonds is 7. The molecule has 2 atom stereocenters.